The number of fused-ring (bicyclic) bond motifs is 1. The highest BCUT2D eigenvalue weighted by molar-refractivity contribution is 5.80. The predicted molar refractivity (Wildman–Crippen MR) is 97.0 cm³/mol. The van der Waals surface area contributed by atoms with E-state index in [0.29, 0.717) is 5.92 Å². The Labute approximate surface area is 134 Å². The van der Waals surface area contributed by atoms with Gasteiger partial charge in [-0.05, 0) is 53.0 Å². The molecule has 0 nitrogen and oxygen atoms in total. The van der Waals surface area contributed by atoms with Crippen molar-refractivity contribution in [3.8, 4) is 11.1 Å². The van der Waals surface area contributed by atoms with E-state index in [4.69, 9.17) is 0 Å². The van der Waals surface area contributed by atoms with Gasteiger partial charge in [-0.15, -0.1) is 0 Å². The molecule has 0 heteroatoms. The Balaban J connectivity index is 1.92. The number of hydrogen-bond acceptors (Lipinski definition) is 0. The van der Waals surface area contributed by atoms with Gasteiger partial charge in [0.2, 0.25) is 0 Å². The maximum Gasteiger partial charge on any atom is -0.00550 e. The standard InChI is InChI=1S/C22H26/c1-4-5-7-17-10-12-18(13-11-17)21-9-6-8-19-14-20(16(2)3)15-22(19)21/h6,8-13,15-16H,4-5,7,14H2,1-3H3. The summed E-state index contributed by atoms with van der Waals surface area (Å²) in [5.41, 5.74) is 8.66. The number of allylic oxidation sites excluding steroid dienone is 1. The van der Waals surface area contributed by atoms with Crippen LogP contribution in [0.5, 0.6) is 0 Å². The van der Waals surface area contributed by atoms with Gasteiger partial charge in [0.05, 0.1) is 0 Å². The van der Waals surface area contributed by atoms with E-state index in [1.807, 2.05) is 0 Å². The number of benzene rings is 2. The van der Waals surface area contributed by atoms with Gasteiger partial charge in [-0.1, -0.05) is 81.3 Å². The molecule has 2 aromatic carbocycles. The Morgan fingerprint density at radius 2 is 1.77 bits per heavy atom. The second-order valence-corrected chi connectivity index (χ2v) is 6.73. The first-order chi connectivity index (χ1) is 10.7. The van der Waals surface area contributed by atoms with Crippen LogP contribution in [0.3, 0.4) is 0 Å². The predicted octanol–water partition coefficient (Wildman–Crippen LogP) is 6.29. The molecular formula is C22H26. The third kappa shape index (κ3) is 3.02. The third-order valence-electron chi connectivity index (χ3n) is 4.75. The Morgan fingerprint density at radius 1 is 1.00 bits per heavy atom. The van der Waals surface area contributed by atoms with Gasteiger partial charge in [0, 0.05) is 0 Å². The summed E-state index contributed by atoms with van der Waals surface area (Å²) >= 11 is 0. The van der Waals surface area contributed by atoms with Gasteiger partial charge >= 0.3 is 0 Å². The minimum absolute atomic E-state index is 0.636. The van der Waals surface area contributed by atoms with Crippen molar-refractivity contribution in [1.82, 2.24) is 0 Å². The average molecular weight is 290 g/mol. The fraction of sp³-hybridized carbons (Fsp3) is 0.364. The lowest BCUT2D eigenvalue weighted by atomic mass is 9.96. The van der Waals surface area contributed by atoms with Crippen molar-refractivity contribution in [3.05, 3.63) is 64.7 Å². The van der Waals surface area contributed by atoms with Crippen LogP contribution in [0.4, 0.5) is 0 Å². The minimum Gasteiger partial charge on any atom is -0.0654 e. The smallest absolute Gasteiger partial charge is 0.00550 e. The fourth-order valence-electron chi connectivity index (χ4n) is 3.25. The summed E-state index contributed by atoms with van der Waals surface area (Å²) in [5.74, 6) is 0.636. The summed E-state index contributed by atoms with van der Waals surface area (Å²) in [6.07, 6.45) is 7.27. The molecule has 1 aliphatic carbocycles. The first-order valence-electron chi connectivity index (χ1n) is 8.60. The lowest BCUT2D eigenvalue weighted by Gasteiger charge is -2.09. The molecule has 0 bridgehead atoms. The van der Waals surface area contributed by atoms with Gasteiger partial charge < -0.3 is 0 Å². The van der Waals surface area contributed by atoms with E-state index < -0.39 is 0 Å². The van der Waals surface area contributed by atoms with E-state index >= 15 is 0 Å². The second-order valence-electron chi connectivity index (χ2n) is 6.73. The van der Waals surface area contributed by atoms with Crippen LogP contribution in [-0.2, 0) is 12.8 Å². The number of hydrogen-bond donors (Lipinski definition) is 0. The first-order valence-corrected chi connectivity index (χ1v) is 8.60. The van der Waals surface area contributed by atoms with E-state index in [-0.39, 0.29) is 0 Å². The largest absolute Gasteiger partial charge is 0.0654 e. The lowest BCUT2D eigenvalue weighted by molar-refractivity contribution is 0.754. The van der Waals surface area contributed by atoms with Gasteiger partial charge in [-0.25, -0.2) is 0 Å². The van der Waals surface area contributed by atoms with Crippen molar-refractivity contribution in [2.45, 2.75) is 46.5 Å². The van der Waals surface area contributed by atoms with Crippen molar-refractivity contribution in [2.24, 2.45) is 5.92 Å². The van der Waals surface area contributed by atoms with E-state index in [1.54, 1.807) is 5.57 Å². The molecule has 0 atom stereocenters. The molecule has 0 heterocycles. The van der Waals surface area contributed by atoms with Crippen molar-refractivity contribution in [1.29, 1.82) is 0 Å². The van der Waals surface area contributed by atoms with Crippen LogP contribution in [0.1, 0.15) is 50.3 Å². The normalized spacial score (nSPS) is 13.4. The molecule has 2 aromatic rings. The Morgan fingerprint density at radius 3 is 2.45 bits per heavy atom. The summed E-state index contributed by atoms with van der Waals surface area (Å²) in [6.45, 7) is 6.83. The number of aryl methyl sites for hydroxylation is 1. The zero-order valence-electron chi connectivity index (χ0n) is 14.0. The molecule has 0 unspecified atom stereocenters. The highest BCUT2D eigenvalue weighted by Crippen LogP contribution is 2.36. The molecule has 0 spiro atoms. The summed E-state index contributed by atoms with van der Waals surface area (Å²) in [7, 11) is 0. The van der Waals surface area contributed by atoms with E-state index in [9.17, 15) is 0 Å². The molecule has 3 rings (SSSR count). The zero-order valence-corrected chi connectivity index (χ0v) is 14.0. The molecule has 1 aliphatic rings. The van der Waals surface area contributed by atoms with Crippen molar-refractivity contribution in [3.63, 3.8) is 0 Å². The second kappa shape index (κ2) is 6.52. The molecule has 0 aliphatic heterocycles. The molecule has 0 fully saturated rings. The van der Waals surface area contributed by atoms with Crippen LogP contribution < -0.4 is 0 Å². The molecule has 0 amide bonds. The highest BCUT2D eigenvalue weighted by atomic mass is 14.2. The molecule has 0 saturated carbocycles. The fourth-order valence-corrected chi connectivity index (χ4v) is 3.25. The molecule has 0 radical (unpaired) electrons. The van der Waals surface area contributed by atoms with E-state index in [0.717, 1.165) is 6.42 Å². The number of unbranched alkanes of at least 4 members (excludes halogenated alkanes) is 1. The Bertz CT molecular complexity index is 672. The van der Waals surface area contributed by atoms with Crippen LogP contribution in [0.2, 0.25) is 0 Å². The minimum atomic E-state index is 0.636. The van der Waals surface area contributed by atoms with Gasteiger partial charge in [0.15, 0.2) is 0 Å². The quantitative estimate of drug-likeness (QED) is 0.607. The molecule has 0 aromatic heterocycles. The van der Waals surface area contributed by atoms with Gasteiger partial charge in [-0.3, -0.25) is 0 Å². The number of rotatable bonds is 5. The van der Waals surface area contributed by atoms with Crippen molar-refractivity contribution >= 4 is 6.08 Å². The molecular weight excluding hydrogens is 264 g/mol. The summed E-state index contributed by atoms with van der Waals surface area (Å²) < 4.78 is 0. The van der Waals surface area contributed by atoms with Crippen LogP contribution in [0.15, 0.2) is 48.0 Å². The lowest BCUT2D eigenvalue weighted by Crippen LogP contribution is -1.93. The van der Waals surface area contributed by atoms with E-state index in [1.165, 1.54) is 47.1 Å². The summed E-state index contributed by atoms with van der Waals surface area (Å²) in [6, 6.07) is 15.9. The SMILES string of the molecule is CCCCc1ccc(-c2cccc3c2C=C(C(C)C)C3)cc1. The molecule has 22 heavy (non-hydrogen) atoms. The van der Waals surface area contributed by atoms with Crippen LogP contribution >= 0.6 is 0 Å². The van der Waals surface area contributed by atoms with Gasteiger partial charge in [0.1, 0.15) is 0 Å². The van der Waals surface area contributed by atoms with Crippen LogP contribution in [-0.4, -0.2) is 0 Å². The Hall–Kier alpha value is -1.82. The maximum absolute atomic E-state index is 2.42. The molecule has 0 N–H and O–H groups in total. The van der Waals surface area contributed by atoms with Crippen molar-refractivity contribution in [2.75, 3.05) is 0 Å². The Kier molecular flexibility index (Phi) is 4.47. The topological polar surface area (TPSA) is 0 Å². The highest BCUT2D eigenvalue weighted by Gasteiger charge is 2.18. The summed E-state index contributed by atoms with van der Waals surface area (Å²) in [4.78, 5) is 0. The first kappa shape index (κ1) is 15.1. The van der Waals surface area contributed by atoms with E-state index in [2.05, 4.69) is 69.3 Å². The monoisotopic (exact) mass is 290 g/mol. The maximum atomic E-state index is 2.42. The summed E-state index contributed by atoms with van der Waals surface area (Å²) in [5, 5.41) is 0. The van der Waals surface area contributed by atoms with Gasteiger partial charge in [0.25, 0.3) is 0 Å². The third-order valence-corrected chi connectivity index (χ3v) is 4.75. The van der Waals surface area contributed by atoms with Crippen LogP contribution in [0.25, 0.3) is 17.2 Å². The average Bonchev–Trinajstić information content (AvgIpc) is 2.98. The van der Waals surface area contributed by atoms with Crippen LogP contribution in [0, 0.1) is 5.92 Å². The zero-order chi connectivity index (χ0) is 15.5. The van der Waals surface area contributed by atoms with Crippen molar-refractivity contribution < 1.29 is 0 Å². The van der Waals surface area contributed by atoms with Gasteiger partial charge in [-0.2, -0.15) is 0 Å². The molecule has 114 valence electrons. The molecule has 0 saturated heterocycles.